The molecule has 27 heavy (non-hydrogen) atoms. The lowest BCUT2D eigenvalue weighted by Crippen LogP contribution is -2.40. The topological polar surface area (TPSA) is 54.5 Å². The van der Waals surface area contributed by atoms with Gasteiger partial charge in [-0.25, -0.2) is 8.42 Å². The van der Waals surface area contributed by atoms with Crippen LogP contribution in [0.25, 0.3) is 11.1 Å². The number of sulfonamides is 1. The Labute approximate surface area is 159 Å². The van der Waals surface area contributed by atoms with Crippen molar-refractivity contribution in [3.8, 4) is 11.1 Å². The van der Waals surface area contributed by atoms with Crippen LogP contribution in [0.2, 0.25) is 0 Å². The van der Waals surface area contributed by atoms with Gasteiger partial charge in [-0.3, -0.25) is 9.10 Å². The second-order valence-corrected chi connectivity index (χ2v) is 8.55. The van der Waals surface area contributed by atoms with Gasteiger partial charge in [-0.05, 0) is 43.2 Å². The second-order valence-electron chi connectivity index (χ2n) is 6.73. The number of aryl methyl sites for hydroxylation is 1. The molecule has 1 aliphatic heterocycles. The minimum Gasteiger partial charge on any atom is -0.297 e. The first-order valence-electron chi connectivity index (χ1n) is 8.71. The molecule has 0 aromatic heterocycles. The first-order chi connectivity index (χ1) is 12.9. The molecule has 5 heteroatoms. The van der Waals surface area contributed by atoms with Crippen LogP contribution in [0.3, 0.4) is 0 Å². The third-order valence-electron chi connectivity index (χ3n) is 4.88. The summed E-state index contributed by atoms with van der Waals surface area (Å²) in [7, 11) is -3.92. The molecule has 0 bridgehead atoms. The predicted molar refractivity (Wildman–Crippen MR) is 106 cm³/mol. The summed E-state index contributed by atoms with van der Waals surface area (Å²) in [6.07, 6.45) is 0. The van der Waals surface area contributed by atoms with E-state index in [1.807, 2.05) is 43.3 Å². The van der Waals surface area contributed by atoms with Crippen LogP contribution in [0.15, 0.2) is 77.7 Å². The van der Waals surface area contributed by atoms with E-state index in [1.54, 1.807) is 36.4 Å². The number of para-hydroxylation sites is 1. The SMILES string of the molecule is CC(=O)C1c2ccccc2-c2ccccc2N1S(=O)(=O)c1ccc(C)cc1. The van der Waals surface area contributed by atoms with Crippen LogP contribution >= 0.6 is 0 Å². The van der Waals surface area contributed by atoms with Crippen molar-refractivity contribution < 1.29 is 13.2 Å². The number of fused-ring (bicyclic) bond motifs is 3. The van der Waals surface area contributed by atoms with Gasteiger partial charge in [0.2, 0.25) is 0 Å². The van der Waals surface area contributed by atoms with E-state index >= 15 is 0 Å². The van der Waals surface area contributed by atoms with Gasteiger partial charge in [0.05, 0.1) is 10.6 Å². The van der Waals surface area contributed by atoms with Gasteiger partial charge in [-0.2, -0.15) is 0 Å². The number of hydrogen-bond acceptors (Lipinski definition) is 3. The molecule has 3 aromatic rings. The van der Waals surface area contributed by atoms with E-state index in [-0.39, 0.29) is 10.7 Å². The largest absolute Gasteiger partial charge is 0.297 e. The van der Waals surface area contributed by atoms with Crippen LogP contribution in [-0.2, 0) is 14.8 Å². The fourth-order valence-electron chi connectivity index (χ4n) is 3.62. The van der Waals surface area contributed by atoms with E-state index in [0.717, 1.165) is 16.7 Å². The molecule has 1 unspecified atom stereocenters. The van der Waals surface area contributed by atoms with Crippen LogP contribution in [0.1, 0.15) is 24.1 Å². The van der Waals surface area contributed by atoms with Crippen molar-refractivity contribution in [2.24, 2.45) is 0 Å². The molecule has 4 nitrogen and oxygen atoms in total. The summed E-state index contributed by atoms with van der Waals surface area (Å²) in [5.41, 5.74) is 3.91. The Hall–Kier alpha value is -2.92. The number of ketones is 1. The quantitative estimate of drug-likeness (QED) is 0.675. The van der Waals surface area contributed by atoms with Gasteiger partial charge in [0.25, 0.3) is 10.0 Å². The lowest BCUT2D eigenvalue weighted by molar-refractivity contribution is -0.118. The molecule has 0 spiro atoms. The number of anilines is 1. The highest BCUT2D eigenvalue weighted by Crippen LogP contribution is 2.47. The number of hydrogen-bond donors (Lipinski definition) is 0. The number of carbonyl (C=O) groups is 1. The maximum Gasteiger partial charge on any atom is 0.265 e. The average molecular weight is 377 g/mol. The molecule has 0 amide bonds. The van der Waals surface area contributed by atoms with Crippen molar-refractivity contribution in [3.63, 3.8) is 0 Å². The van der Waals surface area contributed by atoms with E-state index in [1.165, 1.54) is 11.2 Å². The zero-order valence-electron chi connectivity index (χ0n) is 15.1. The fourth-order valence-corrected chi connectivity index (χ4v) is 5.28. The van der Waals surface area contributed by atoms with Crippen molar-refractivity contribution in [1.82, 2.24) is 0 Å². The fraction of sp³-hybridized carbons (Fsp3) is 0.136. The van der Waals surface area contributed by atoms with E-state index < -0.39 is 16.1 Å². The van der Waals surface area contributed by atoms with Gasteiger partial charge < -0.3 is 0 Å². The molecule has 0 saturated heterocycles. The lowest BCUT2D eigenvalue weighted by Gasteiger charge is -2.37. The van der Waals surface area contributed by atoms with Crippen LogP contribution < -0.4 is 4.31 Å². The minimum absolute atomic E-state index is 0.175. The Morgan fingerprint density at radius 3 is 2.11 bits per heavy atom. The molecular weight excluding hydrogens is 358 g/mol. The molecule has 1 atom stereocenters. The normalized spacial score (nSPS) is 15.8. The van der Waals surface area contributed by atoms with Gasteiger partial charge in [0.15, 0.2) is 5.78 Å². The van der Waals surface area contributed by atoms with Crippen LogP contribution in [0.4, 0.5) is 5.69 Å². The molecule has 0 fully saturated rings. The summed E-state index contributed by atoms with van der Waals surface area (Å²) in [6, 6.07) is 20.6. The van der Waals surface area contributed by atoms with E-state index in [2.05, 4.69) is 0 Å². The van der Waals surface area contributed by atoms with Crippen molar-refractivity contribution in [1.29, 1.82) is 0 Å². The molecule has 1 heterocycles. The lowest BCUT2D eigenvalue weighted by atomic mass is 9.88. The Morgan fingerprint density at radius 2 is 1.44 bits per heavy atom. The van der Waals surface area contributed by atoms with Crippen molar-refractivity contribution >= 4 is 21.5 Å². The second kappa shape index (κ2) is 6.35. The molecule has 1 aliphatic rings. The summed E-state index contributed by atoms with van der Waals surface area (Å²) >= 11 is 0. The third-order valence-corrected chi connectivity index (χ3v) is 6.68. The maximum absolute atomic E-state index is 13.6. The van der Waals surface area contributed by atoms with Crippen LogP contribution in [-0.4, -0.2) is 14.2 Å². The van der Waals surface area contributed by atoms with E-state index in [0.29, 0.717) is 11.3 Å². The van der Waals surface area contributed by atoms with Gasteiger partial charge in [-0.15, -0.1) is 0 Å². The monoisotopic (exact) mass is 377 g/mol. The molecule has 0 N–H and O–H groups in total. The van der Waals surface area contributed by atoms with Gasteiger partial charge in [0.1, 0.15) is 6.04 Å². The molecule has 3 aromatic carbocycles. The number of nitrogens with zero attached hydrogens (tertiary/aromatic N) is 1. The molecule has 0 radical (unpaired) electrons. The zero-order chi connectivity index (χ0) is 19.2. The van der Waals surface area contributed by atoms with Crippen LogP contribution in [0, 0.1) is 6.92 Å². The summed E-state index contributed by atoms with van der Waals surface area (Å²) in [5.74, 6) is -0.215. The van der Waals surface area contributed by atoms with Gasteiger partial charge in [-0.1, -0.05) is 60.2 Å². The number of Topliss-reactive ketones (excluding diaryl/α,β-unsaturated/α-hetero) is 1. The average Bonchev–Trinajstić information content (AvgIpc) is 2.67. The number of rotatable bonds is 3. The Bertz CT molecular complexity index is 1130. The minimum atomic E-state index is -3.92. The van der Waals surface area contributed by atoms with Crippen molar-refractivity contribution in [2.45, 2.75) is 24.8 Å². The molecule has 136 valence electrons. The number of benzene rings is 3. The smallest absolute Gasteiger partial charge is 0.265 e. The van der Waals surface area contributed by atoms with E-state index in [9.17, 15) is 13.2 Å². The van der Waals surface area contributed by atoms with Crippen molar-refractivity contribution in [2.75, 3.05) is 4.31 Å². The first kappa shape index (κ1) is 17.5. The summed E-state index contributed by atoms with van der Waals surface area (Å²) in [5, 5.41) is 0. The van der Waals surface area contributed by atoms with E-state index in [4.69, 9.17) is 0 Å². The summed E-state index contributed by atoms with van der Waals surface area (Å²) in [4.78, 5) is 12.8. The highest BCUT2D eigenvalue weighted by Gasteiger charge is 2.41. The molecular formula is C22H19NO3S. The Morgan fingerprint density at radius 1 is 0.852 bits per heavy atom. The highest BCUT2D eigenvalue weighted by atomic mass is 32.2. The predicted octanol–water partition coefficient (Wildman–Crippen LogP) is 4.50. The summed E-state index contributed by atoms with van der Waals surface area (Å²) < 4.78 is 28.4. The molecule has 0 saturated carbocycles. The number of carbonyl (C=O) groups excluding carboxylic acids is 1. The Balaban J connectivity index is 2.01. The first-order valence-corrected chi connectivity index (χ1v) is 10.1. The highest BCUT2D eigenvalue weighted by molar-refractivity contribution is 7.93. The standard InChI is InChI=1S/C22H19NO3S/c1-15-11-13-17(14-12-15)27(25,26)23-21-10-6-5-8-19(21)18-7-3-4-9-20(18)22(23)16(2)24/h3-14,22H,1-2H3. The molecule has 0 aliphatic carbocycles. The van der Waals surface area contributed by atoms with Gasteiger partial charge in [0, 0.05) is 5.56 Å². The van der Waals surface area contributed by atoms with Gasteiger partial charge >= 0.3 is 0 Å². The van der Waals surface area contributed by atoms with Crippen molar-refractivity contribution in [3.05, 3.63) is 83.9 Å². The van der Waals surface area contributed by atoms with Crippen LogP contribution in [0.5, 0.6) is 0 Å². The Kier molecular flexibility index (Phi) is 4.12. The third kappa shape index (κ3) is 2.75. The zero-order valence-corrected chi connectivity index (χ0v) is 15.9. The summed E-state index contributed by atoms with van der Waals surface area (Å²) in [6.45, 7) is 3.34. The molecule has 4 rings (SSSR count). The maximum atomic E-state index is 13.6.